The van der Waals surface area contributed by atoms with Crippen molar-refractivity contribution in [3.05, 3.63) is 30.1 Å². The average molecular weight is 365 g/mol. The van der Waals surface area contributed by atoms with Gasteiger partial charge in [0.25, 0.3) is 10.1 Å². The van der Waals surface area contributed by atoms with Gasteiger partial charge in [-0.15, -0.1) is 0 Å². The monoisotopic (exact) mass is 365 g/mol. The van der Waals surface area contributed by atoms with Crippen molar-refractivity contribution < 1.29 is 17.4 Å². The topological polar surface area (TPSA) is 128 Å². The van der Waals surface area contributed by atoms with Crippen LogP contribution in [0.15, 0.2) is 24.5 Å². The second-order valence-corrected chi connectivity index (χ2v) is 7.55. The van der Waals surface area contributed by atoms with Crippen molar-refractivity contribution in [3.63, 3.8) is 0 Å². The number of piperazine rings is 1. The van der Waals surface area contributed by atoms with Gasteiger partial charge in [-0.05, 0) is 17.7 Å². The van der Waals surface area contributed by atoms with Crippen molar-refractivity contribution in [2.75, 3.05) is 31.7 Å². The third-order valence-electron chi connectivity index (χ3n) is 3.98. The smallest absolute Gasteiger partial charge is 0.264 e. The van der Waals surface area contributed by atoms with Crippen LogP contribution in [-0.2, 0) is 25.6 Å². The first-order valence-electron chi connectivity index (χ1n) is 7.67. The van der Waals surface area contributed by atoms with E-state index in [-0.39, 0.29) is 25.1 Å². The summed E-state index contributed by atoms with van der Waals surface area (Å²) in [7, 11) is -3.57. The molecule has 25 heavy (non-hydrogen) atoms. The summed E-state index contributed by atoms with van der Waals surface area (Å²) in [6.45, 7) is 0.917. The molecule has 1 aliphatic heterocycles. The highest BCUT2D eigenvalue weighted by molar-refractivity contribution is 7.85. The number of nitrogens with two attached hydrogens (primary N) is 1. The van der Waals surface area contributed by atoms with E-state index in [2.05, 4.69) is 15.3 Å². The van der Waals surface area contributed by atoms with E-state index in [0.717, 1.165) is 17.2 Å². The molecule has 9 nitrogen and oxygen atoms in total. The number of aromatic nitrogens is 2. The Hall–Kier alpha value is -2.30. The van der Waals surface area contributed by atoms with Crippen LogP contribution in [0, 0.1) is 0 Å². The summed E-state index contributed by atoms with van der Waals surface area (Å²) in [6.07, 6.45) is 2.38. The SMILES string of the molecule is CS(=O)(=O)OCC1CNCC(=O)N1Cc1ccc2c(N)ncnc2c1. The van der Waals surface area contributed by atoms with Gasteiger partial charge in [-0.3, -0.25) is 8.98 Å². The van der Waals surface area contributed by atoms with Gasteiger partial charge in [0.15, 0.2) is 0 Å². The number of rotatable bonds is 5. The Labute approximate surface area is 145 Å². The molecule has 2 aromatic rings. The fourth-order valence-corrected chi connectivity index (χ4v) is 3.15. The van der Waals surface area contributed by atoms with Crippen LogP contribution in [0.4, 0.5) is 5.82 Å². The van der Waals surface area contributed by atoms with E-state index < -0.39 is 10.1 Å². The van der Waals surface area contributed by atoms with E-state index in [0.29, 0.717) is 24.4 Å². The lowest BCUT2D eigenvalue weighted by Crippen LogP contribution is -2.56. The molecule has 3 N–H and O–H groups in total. The number of nitrogens with one attached hydrogen (secondary N) is 1. The van der Waals surface area contributed by atoms with Gasteiger partial charge in [-0.25, -0.2) is 9.97 Å². The maximum absolute atomic E-state index is 12.3. The van der Waals surface area contributed by atoms with E-state index in [1.54, 1.807) is 4.90 Å². The third-order valence-corrected chi connectivity index (χ3v) is 4.54. The van der Waals surface area contributed by atoms with Crippen LogP contribution in [0.5, 0.6) is 0 Å². The molecule has 134 valence electrons. The van der Waals surface area contributed by atoms with Crippen molar-refractivity contribution in [2.45, 2.75) is 12.6 Å². The highest BCUT2D eigenvalue weighted by Crippen LogP contribution is 2.20. The number of benzene rings is 1. The molecule has 1 amide bonds. The molecule has 1 aromatic carbocycles. The summed E-state index contributed by atoms with van der Waals surface area (Å²) in [5, 5.41) is 3.72. The van der Waals surface area contributed by atoms with Crippen LogP contribution >= 0.6 is 0 Å². The summed E-state index contributed by atoms with van der Waals surface area (Å²) in [5.41, 5.74) is 7.37. The molecule has 1 fully saturated rings. The number of carbonyl (C=O) groups is 1. The predicted octanol–water partition coefficient (Wildman–Crippen LogP) is -0.511. The van der Waals surface area contributed by atoms with Crippen molar-refractivity contribution in [1.82, 2.24) is 20.2 Å². The number of amides is 1. The largest absolute Gasteiger partial charge is 0.383 e. The van der Waals surface area contributed by atoms with Gasteiger partial charge >= 0.3 is 0 Å². The molecule has 0 saturated carbocycles. The maximum atomic E-state index is 12.3. The number of fused-ring (bicyclic) bond motifs is 1. The Balaban J connectivity index is 1.81. The van der Waals surface area contributed by atoms with Crippen LogP contribution in [0.2, 0.25) is 0 Å². The molecule has 0 aliphatic carbocycles. The number of anilines is 1. The minimum atomic E-state index is -3.57. The van der Waals surface area contributed by atoms with Gasteiger partial charge in [0.1, 0.15) is 12.1 Å². The molecule has 0 radical (unpaired) electrons. The van der Waals surface area contributed by atoms with E-state index in [4.69, 9.17) is 9.92 Å². The number of hydrogen-bond donors (Lipinski definition) is 2. The van der Waals surface area contributed by atoms with Gasteiger partial charge in [-0.2, -0.15) is 8.42 Å². The number of carbonyl (C=O) groups excluding carboxylic acids is 1. The lowest BCUT2D eigenvalue weighted by molar-refractivity contribution is -0.136. The highest BCUT2D eigenvalue weighted by Gasteiger charge is 2.29. The molecule has 3 rings (SSSR count). The van der Waals surface area contributed by atoms with E-state index in [1.807, 2.05) is 18.2 Å². The fraction of sp³-hybridized carbons (Fsp3) is 0.400. The van der Waals surface area contributed by atoms with Crippen LogP contribution in [0.3, 0.4) is 0 Å². The molecule has 1 unspecified atom stereocenters. The van der Waals surface area contributed by atoms with Crippen LogP contribution in [0.1, 0.15) is 5.56 Å². The Bertz CT molecular complexity index is 902. The van der Waals surface area contributed by atoms with Crippen molar-refractivity contribution in [3.8, 4) is 0 Å². The standard InChI is InChI=1S/C15H19N5O4S/c1-25(22,23)24-8-11-5-17-6-14(21)20(11)7-10-2-3-12-13(4-10)18-9-19-15(12)16/h2-4,9,11,17H,5-8H2,1H3,(H2,16,18,19). The normalized spacial score (nSPS) is 18.7. The minimum absolute atomic E-state index is 0.0831. The summed E-state index contributed by atoms with van der Waals surface area (Å²) >= 11 is 0. The Morgan fingerprint density at radius 1 is 1.40 bits per heavy atom. The third kappa shape index (κ3) is 4.21. The lowest BCUT2D eigenvalue weighted by Gasteiger charge is -2.35. The highest BCUT2D eigenvalue weighted by atomic mass is 32.2. The summed E-state index contributed by atoms with van der Waals surface area (Å²) < 4.78 is 27.3. The minimum Gasteiger partial charge on any atom is -0.383 e. The van der Waals surface area contributed by atoms with Crippen molar-refractivity contribution in [2.24, 2.45) is 0 Å². The Morgan fingerprint density at radius 2 is 2.20 bits per heavy atom. The average Bonchev–Trinajstić information content (AvgIpc) is 2.55. The fourth-order valence-electron chi connectivity index (χ4n) is 2.75. The molecule has 1 aliphatic rings. The van der Waals surface area contributed by atoms with E-state index >= 15 is 0 Å². The van der Waals surface area contributed by atoms with E-state index in [9.17, 15) is 13.2 Å². The van der Waals surface area contributed by atoms with Crippen LogP contribution < -0.4 is 11.1 Å². The Morgan fingerprint density at radius 3 is 2.96 bits per heavy atom. The van der Waals surface area contributed by atoms with Crippen molar-refractivity contribution >= 4 is 32.7 Å². The summed E-state index contributed by atoms with van der Waals surface area (Å²) in [6, 6.07) is 5.14. The van der Waals surface area contributed by atoms with Gasteiger partial charge in [0, 0.05) is 18.5 Å². The predicted molar refractivity (Wildman–Crippen MR) is 92.0 cm³/mol. The Kier molecular flexibility index (Phi) is 4.84. The second-order valence-electron chi connectivity index (χ2n) is 5.91. The van der Waals surface area contributed by atoms with Gasteiger partial charge in [0.05, 0.1) is 31.0 Å². The zero-order chi connectivity index (χ0) is 18.0. The molecule has 10 heteroatoms. The lowest BCUT2D eigenvalue weighted by atomic mass is 10.1. The molecular weight excluding hydrogens is 346 g/mol. The first-order chi connectivity index (χ1) is 11.8. The molecule has 1 atom stereocenters. The second kappa shape index (κ2) is 6.90. The first-order valence-corrected chi connectivity index (χ1v) is 9.49. The van der Waals surface area contributed by atoms with Gasteiger partial charge in [0.2, 0.25) is 5.91 Å². The van der Waals surface area contributed by atoms with Crippen LogP contribution in [0.25, 0.3) is 10.9 Å². The first kappa shape index (κ1) is 17.5. The van der Waals surface area contributed by atoms with Gasteiger partial charge in [-0.1, -0.05) is 6.07 Å². The number of nitrogen functional groups attached to an aromatic ring is 1. The summed E-state index contributed by atoms with van der Waals surface area (Å²) in [5.74, 6) is 0.282. The number of hydrogen-bond acceptors (Lipinski definition) is 8. The summed E-state index contributed by atoms with van der Waals surface area (Å²) in [4.78, 5) is 22.0. The zero-order valence-electron chi connectivity index (χ0n) is 13.7. The molecule has 1 saturated heterocycles. The molecule has 0 spiro atoms. The zero-order valence-corrected chi connectivity index (χ0v) is 14.5. The van der Waals surface area contributed by atoms with Gasteiger partial charge < -0.3 is 16.0 Å². The van der Waals surface area contributed by atoms with E-state index in [1.165, 1.54) is 6.33 Å². The molecule has 2 heterocycles. The van der Waals surface area contributed by atoms with Crippen LogP contribution in [-0.4, -0.2) is 61.2 Å². The number of nitrogens with zero attached hydrogens (tertiary/aromatic N) is 3. The maximum Gasteiger partial charge on any atom is 0.264 e. The molecular formula is C15H19N5O4S. The molecule has 1 aromatic heterocycles. The molecule has 0 bridgehead atoms. The quantitative estimate of drug-likeness (QED) is 0.678. The van der Waals surface area contributed by atoms with Crippen molar-refractivity contribution in [1.29, 1.82) is 0 Å².